The molecule has 2 aromatic rings. The Bertz CT molecular complexity index is 595. The SMILES string of the molecule is CC(C)[C@@H](CO)NC(=O)c1nc2ccccn2c1F. The summed E-state index contributed by atoms with van der Waals surface area (Å²) in [5.41, 5.74) is 0.112. The number of rotatable bonds is 4. The molecule has 2 rings (SSSR count). The molecule has 0 aliphatic heterocycles. The van der Waals surface area contributed by atoms with E-state index in [1.807, 2.05) is 13.8 Å². The first-order chi connectivity index (χ1) is 9.04. The van der Waals surface area contributed by atoms with Crippen LogP contribution in [-0.2, 0) is 0 Å². The van der Waals surface area contributed by atoms with Crippen molar-refractivity contribution in [2.24, 2.45) is 5.92 Å². The van der Waals surface area contributed by atoms with Crippen LogP contribution in [0.15, 0.2) is 24.4 Å². The molecule has 1 atom stereocenters. The molecule has 0 aliphatic rings. The number of aliphatic hydroxyl groups is 1. The van der Waals surface area contributed by atoms with Crippen LogP contribution in [0.2, 0.25) is 0 Å². The molecule has 0 saturated carbocycles. The van der Waals surface area contributed by atoms with Crippen molar-refractivity contribution in [1.29, 1.82) is 0 Å². The highest BCUT2D eigenvalue weighted by atomic mass is 19.1. The van der Waals surface area contributed by atoms with Crippen molar-refractivity contribution in [2.75, 3.05) is 6.61 Å². The molecule has 2 heterocycles. The van der Waals surface area contributed by atoms with Crippen LogP contribution in [0.5, 0.6) is 0 Å². The highest BCUT2D eigenvalue weighted by molar-refractivity contribution is 5.93. The summed E-state index contributed by atoms with van der Waals surface area (Å²) < 4.78 is 15.2. The first kappa shape index (κ1) is 13.5. The van der Waals surface area contributed by atoms with E-state index in [2.05, 4.69) is 10.3 Å². The van der Waals surface area contributed by atoms with Crippen LogP contribution in [0.1, 0.15) is 24.3 Å². The fourth-order valence-corrected chi connectivity index (χ4v) is 1.77. The molecule has 0 radical (unpaired) electrons. The third kappa shape index (κ3) is 2.58. The average Bonchev–Trinajstić information content (AvgIpc) is 2.73. The van der Waals surface area contributed by atoms with Gasteiger partial charge in [0.15, 0.2) is 5.69 Å². The molecule has 2 aromatic heterocycles. The van der Waals surface area contributed by atoms with E-state index < -0.39 is 17.9 Å². The van der Waals surface area contributed by atoms with E-state index in [1.165, 1.54) is 10.6 Å². The van der Waals surface area contributed by atoms with Gasteiger partial charge in [-0.3, -0.25) is 9.20 Å². The summed E-state index contributed by atoms with van der Waals surface area (Å²) in [4.78, 5) is 15.9. The van der Waals surface area contributed by atoms with Gasteiger partial charge in [0, 0.05) is 6.20 Å². The molecule has 0 spiro atoms. The van der Waals surface area contributed by atoms with Crippen molar-refractivity contribution in [3.05, 3.63) is 36.0 Å². The van der Waals surface area contributed by atoms with Gasteiger partial charge in [-0.2, -0.15) is 4.39 Å². The van der Waals surface area contributed by atoms with Crippen molar-refractivity contribution >= 4 is 11.6 Å². The van der Waals surface area contributed by atoms with Crippen LogP contribution in [0.25, 0.3) is 5.65 Å². The fraction of sp³-hybridized carbons (Fsp3) is 0.385. The maximum Gasteiger partial charge on any atom is 0.274 e. The minimum absolute atomic E-state index is 0.0500. The number of hydrogen-bond donors (Lipinski definition) is 2. The lowest BCUT2D eigenvalue weighted by molar-refractivity contribution is 0.0887. The Morgan fingerprint density at radius 3 is 2.84 bits per heavy atom. The van der Waals surface area contributed by atoms with Crippen LogP contribution in [0, 0.1) is 11.9 Å². The van der Waals surface area contributed by atoms with Crippen LogP contribution in [0.4, 0.5) is 4.39 Å². The van der Waals surface area contributed by atoms with Crippen LogP contribution in [0.3, 0.4) is 0 Å². The topological polar surface area (TPSA) is 66.6 Å². The number of nitrogens with zero attached hydrogens (tertiary/aromatic N) is 2. The smallest absolute Gasteiger partial charge is 0.274 e. The third-order valence-electron chi connectivity index (χ3n) is 3.00. The zero-order chi connectivity index (χ0) is 14.0. The number of aliphatic hydroxyl groups excluding tert-OH is 1. The first-order valence-corrected chi connectivity index (χ1v) is 6.09. The Morgan fingerprint density at radius 2 is 2.26 bits per heavy atom. The van der Waals surface area contributed by atoms with Gasteiger partial charge in [-0.15, -0.1) is 0 Å². The van der Waals surface area contributed by atoms with Gasteiger partial charge in [0.1, 0.15) is 5.65 Å². The number of pyridine rings is 1. The number of imidazole rings is 1. The highest BCUT2D eigenvalue weighted by Crippen LogP contribution is 2.11. The number of halogens is 1. The molecule has 0 bridgehead atoms. The zero-order valence-corrected chi connectivity index (χ0v) is 10.8. The normalized spacial score (nSPS) is 12.9. The van der Waals surface area contributed by atoms with E-state index in [4.69, 9.17) is 5.11 Å². The molecule has 19 heavy (non-hydrogen) atoms. The van der Waals surface area contributed by atoms with E-state index in [0.717, 1.165) is 0 Å². The lowest BCUT2D eigenvalue weighted by atomic mass is 10.1. The highest BCUT2D eigenvalue weighted by Gasteiger charge is 2.22. The van der Waals surface area contributed by atoms with E-state index in [9.17, 15) is 9.18 Å². The Kier molecular flexibility index (Phi) is 3.80. The maximum absolute atomic E-state index is 14.0. The molecule has 0 unspecified atom stereocenters. The lowest BCUT2D eigenvalue weighted by Gasteiger charge is -2.19. The van der Waals surface area contributed by atoms with Gasteiger partial charge in [0.05, 0.1) is 12.6 Å². The summed E-state index contributed by atoms with van der Waals surface area (Å²) in [5, 5.41) is 11.7. The Labute approximate surface area is 110 Å². The number of carbonyl (C=O) groups excluding carboxylic acids is 1. The van der Waals surface area contributed by atoms with Crippen LogP contribution in [-0.4, -0.2) is 33.0 Å². The summed E-state index contributed by atoms with van der Waals surface area (Å²) in [6, 6.07) is 4.57. The monoisotopic (exact) mass is 265 g/mol. The first-order valence-electron chi connectivity index (χ1n) is 6.09. The summed E-state index contributed by atoms with van der Waals surface area (Å²) >= 11 is 0. The van der Waals surface area contributed by atoms with Crippen LogP contribution < -0.4 is 5.32 Å². The molecule has 102 valence electrons. The number of nitrogens with one attached hydrogen (secondary N) is 1. The number of fused-ring (bicyclic) bond motifs is 1. The molecule has 1 amide bonds. The van der Waals surface area contributed by atoms with E-state index in [0.29, 0.717) is 5.65 Å². The summed E-state index contributed by atoms with van der Waals surface area (Å²) in [7, 11) is 0. The summed E-state index contributed by atoms with van der Waals surface area (Å²) in [6.07, 6.45) is 1.50. The van der Waals surface area contributed by atoms with Gasteiger partial charge in [-0.1, -0.05) is 19.9 Å². The fourth-order valence-electron chi connectivity index (χ4n) is 1.77. The summed E-state index contributed by atoms with van der Waals surface area (Å²) in [5.74, 6) is -1.27. The van der Waals surface area contributed by atoms with Crippen molar-refractivity contribution in [3.8, 4) is 0 Å². The molecule has 0 aromatic carbocycles. The quantitative estimate of drug-likeness (QED) is 0.873. The third-order valence-corrected chi connectivity index (χ3v) is 3.00. The minimum atomic E-state index is -0.700. The largest absolute Gasteiger partial charge is 0.394 e. The lowest BCUT2D eigenvalue weighted by Crippen LogP contribution is -2.41. The van der Waals surface area contributed by atoms with Gasteiger partial charge < -0.3 is 10.4 Å². The second kappa shape index (κ2) is 5.36. The molecule has 0 fully saturated rings. The number of aromatic nitrogens is 2. The Hall–Kier alpha value is -1.95. The van der Waals surface area contributed by atoms with Gasteiger partial charge in [-0.05, 0) is 18.1 Å². The Morgan fingerprint density at radius 1 is 1.53 bits per heavy atom. The zero-order valence-electron chi connectivity index (χ0n) is 10.8. The molecular formula is C13H16FN3O2. The molecule has 2 N–H and O–H groups in total. The van der Waals surface area contributed by atoms with E-state index in [-0.39, 0.29) is 18.2 Å². The van der Waals surface area contributed by atoms with Crippen LogP contribution >= 0.6 is 0 Å². The Balaban J connectivity index is 2.29. The number of hydrogen-bond acceptors (Lipinski definition) is 3. The van der Waals surface area contributed by atoms with Crippen molar-refractivity contribution in [3.63, 3.8) is 0 Å². The molecule has 5 nitrogen and oxygen atoms in total. The van der Waals surface area contributed by atoms with Gasteiger partial charge in [0.2, 0.25) is 5.95 Å². The predicted octanol–water partition coefficient (Wildman–Crippen LogP) is 1.22. The summed E-state index contributed by atoms with van der Waals surface area (Å²) in [6.45, 7) is 3.53. The number of amides is 1. The molecule has 0 saturated heterocycles. The van der Waals surface area contributed by atoms with Crippen molar-refractivity contribution < 1.29 is 14.3 Å². The van der Waals surface area contributed by atoms with E-state index >= 15 is 0 Å². The van der Waals surface area contributed by atoms with Crippen molar-refractivity contribution in [1.82, 2.24) is 14.7 Å². The maximum atomic E-state index is 14.0. The van der Waals surface area contributed by atoms with Gasteiger partial charge >= 0.3 is 0 Å². The standard InChI is InChI=1S/C13H16FN3O2/c1-8(2)9(7-18)15-13(19)11-12(14)17-6-4-3-5-10(17)16-11/h3-6,8-9,18H,7H2,1-2H3,(H,15,19)/t9-/m1/s1. The molecule has 6 heteroatoms. The predicted molar refractivity (Wildman–Crippen MR) is 68.3 cm³/mol. The van der Waals surface area contributed by atoms with E-state index in [1.54, 1.807) is 18.2 Å². The molecular weight excluding hydrogens is 249 g/mol. The van der Waals surface area contributed by atoms with Gasteiger partial charge in [-0.25, -0.2) is 4.98 Å². The second-order valence-electron chi connectivity index (χ2n) is 4.69. The number of carbonyl (C=O) groups is 1. The molecule has 0 aliphatic carbocycles. The average molecular weight is 265 g/mol. The van der Waals surface area contributed by atoms with Crippen molar-refractivity contribution in [2.45, 2.75) is 19.9 Å². The second-order valence-corrected chi connectivity index (χ2v) is 4.69. The minimum Gasteiger partial charge on any atom is -0.394 e. The van der Waals surface area contributed by atoms with Gasteiger partial charge in [0.25, 0.3) is 5.91 Å².